The second kappa shape index (κ2) is 8.02. The maximum absolute atomic E-state index is 9.02. The number of nitriles is 1. The zero-order valence-corrected chi connectivity index (χ0v) is 17.8. The number of rotatable bonds is 6. The minimum Gasteiger partial charge on any atom is -0.376 e. The maximum atomic E-state index is 9.02. The Hall–Kier alpha value is -2.00. The van der Waals surface area contributed by atoms with E-state index in [0.717, 1.165) is 51.3 Å². The molecule has 0 bridgehead atoms. The van der Waals surface area contributed by atoms with Crippen molar-refractivity contribution in [3.05, 3.63) is 58.6 Å². The number of hydrogen-bond donors (Lipinski definition) is 0. The number of benzene rings is 1. The number of ether oxygens (including phenoxy) is 1. The summed E-state index contributed by atoms with van der Waals surface area (Å²) < 4.78 is 6.15. The summed E-state index contributed by atoms with van der Waals surface area (Å²) in [6.45, 7) is 8.21. The topological polar surface area (TPSA) is 62.0 Å². The van der Waals surface area contributed by atoms with Crippen molar-refractivity contribution >= 4 is 11.6 Å². The van der Waals surface area contributed by atoms with Crippen LogP contribution in [0.5, 0.6) is 0 Å². The Labute approximate surface area is 177 Å². The Morgan fingerprint density at radius 2 is 1.97 bits per heavy atom. The molecule has 3 heterocycles. The molecule has 1 aromatic heterocycles. The second-order valence-corrected chi connectivity index (χ2v) is 9.57. The van der Waals surface area contributed by atoms with Crippen LogP contribution in [0.15, 0.2) is 36.7 Å². The van der Waals surface area contributed by atoms with E-state index in [1.807, 2.05) is 12.1 Å². The molecule has 0 saturated carbocycles. The highest BCUT2D eigenvalue weighted by Gasteiger charge is 2.55. The third-order valence-corrected chi connectivity index (χ3v) is 6.58. The number of hydrogen-bond acceptors (Lipinski definition) is 5. The summed E-state index contributed by atoms with van der Waals surface area (Å²) in [5.74, 6) is 0.811. The summed E-state index contributed by atoms with van der Waals surface area (Å²) in [5.41, 5.74) is 2.32. The summed E-state index contributed by atoms with van der Waals surface area (Å²) in [4.78, 5) is 11.2. The summed E-state index contributed by atoms with van der Waals surface area (Å²) in [5, 5.41) is 9.58. The van der Waals surface area contributed by atoms with E-state index in [1.54, 1.807) is 12.4 Å². The zero-order chi connectivity index (χ0) is 20.5. The lowest BCUT2D eigenvalue weighted by atomic mass is 9.64. The zero-order valence-electron chi connectivity index (χ0n) is 17.1. The largest absolute Gasteiger partial charge is 0.376 e. The van der Waals surface area contributed by atoms with Gasteiger partial charge in [0, 0.05) is 29.8 Å². The first kappa shape index (κ1) is 20.3. The number of halogens is 1. The number of aryl methyl sites for hydroxylation is 1. The number of nitrogens with zero attached hydrogens (tertiary/aromatic N) is 4. The Morgan fingerprint density at radius 3 is 2.55 bits per heavy atom. The van der Waals surface area contributed by atoms with Crippen molar-refractivity contribution in [2.24, 2.45) is 10.8 Å². The van der Waals surface area contributed by atoms with Gasteiger partial charge in [0.1, 0.15) is 5.82 Å². The first-order valence-electron chi connectivity index (χ1n) is 10.2. The highest BCUT2D eigenvalue weighted by molar-refractivity contribution is 6.30. The van der Waals surface area contributed by atoms with Gasteiger partial charge in [0.05, 0.1) is 35.9 Å². The quantitative estimate of drug-likeness (QED) is 0.712. The van der Waals surface area contributed by atoms with Gasteiger partial charge < -0.3 is 4.74 Å². The Bertz CT molecular complexity index is 891. The van der Waals surface area contributed by atoms with Crippen LogP contribution in [0.3, 0.4) is 0 Å². The minimum absolute atomic E-state index is 0.127. The molecule has 5 nitrogen and oxygen atoms in total. The molecule has 2 atom stereocenters. The van der Waals surface area contributed by atoms with Gasteiger partial charge in [-0.1, -0.05) is 37.6 Å². The Kier molecular flexibility index (Phi) is 5.61. The van der Waals surface area contributed by atoms with Crippen LogP contribution in [0, 0.1) is 22.2 Å². The fourth-order valence-corrected chi connectivity index (χ4v) is 5.03. The Balaban J connectivity index is 1.48. The lowest BCUT2D eigenvalue weighted by Crippen LogP contribution is -2.58. The maximum Gasteiger partial charge on any atom is 0.142 e. The molecule has 0 amide bonds. The van der Waals surface area contributed by atoms with Crippen LogP contribution < -0.4 is 0 Å². The molecule has 0 spiro atoms. The van der Waals surface area contributed by atoms with Crippen molar-refractivity contribution in [2.75, 3.05) is 19.7 Å². The van der Waals surface area contributed by atoms with Crippen LogP contribution in [0.4, 0.5) is 0 Å². The molecule has 1 aromatic carbocycles. The Morgan fingerprint density at radius 1 is 1.24 bits per heavy atom. The van der Waals surface area contributed by atoms with Crippen LogP contribution in [0.1, 0.15) is 43.6 Å². The van der Waals surface area contributed by atoms with Crippen LogP contribution in [0.25, 0.3) is 0 Å². The molecule has 0 N–H and O–H groups in total. The predicted octanol–water partition coefficient (Wildman–Crippen LogP) is 4.25. The van der Waals surface area contributed by atoms with Gasteiger partial charge in [0.2, 0.25) is 0 Å². The lowest BCUT2D eigenvalue weighted by Gasteiger charge is -2.54. The molecular formula is C23H27ClN4O. The first-order chi connectivity index (χ1) is 13.9. The molecule has 29 heavy (non-hydrogen) atoms. The molecule has 6 heteroatoms. The van der Waals surface area contributed by atoms with Gasteiger partial charge in [-0.05, 0) is 43.5 Å². The van der Waals surface area contributed by atoms with E-state index in [2.05, 4.69) is 46.9 Å². The summed E-state index contributed by atoms with van der Waals surface area (Å²) >= 11 is 5.92. The third-order valence-electron chi connectivity index (χ3n) is 6.39. The average molecular weight is 411 g/mol. The lowest BCUT2D eigenvalue weighted by molar-refractivity contribution is -0.223. The average Bonchev–Trinajstić information content (AvgIpc) is 3.11. The van der Waals surface area contributed by atoms with Gasteiger partial charge in [-0.25, -0.2) is 9.97 Å². The van der Waals surface area contributed by atoms with Gasteiger partial charge in [-0.15, -0.1) is 0 Å². The van der Waals surface area contributed by atoms with Gasteiger partial charge in [-0.2, -0.15) is 5.26 Å². The standard InChI is InChI=1S/C23H27ClN4O/c1-22(2)16-29-21(22)23(8-7-17-3-5-18(11-25)6-4-17)9-10-28(15-23)14-20-26-12-19(24)13-27-20/h3-6,12-13,21H,7-10,14-16H2,1-2H3/t21?,23-/m1/s1. The van der Waals surface area contributed by atoms with Crippen molar-refractivity contribution in [3.8, 4) is 6.07 Å². The van der Waals surface area contributed by atoms with Crippen molar-refractivity contribution in [2.45, 2.75) is 45.8 Å². The van der Waals surface area contributed by atoms with E-state index >= 15 is 0 Å². The molecule has 152 valence electrons. The smallest absolute Gasteiger partial charge is 0.142 e. The van der Waals surface area contributed by atoms with Crippen LogP contribution in [0.2, 0.25) is 5.02 Å². The van der Waals surface area contributed by atoms with Gasteiger partial charge in [0.25, 0.3) is 0 Å². The SMILES string of the molecule is CC1(C)COC1[C@]1(CCc2ccc(C#N)cc2)CCN(Cc2ncc(Cl)cn2)C1. The molecule has 0 radical (unpaired) electrons. The predicted molar refractivity (Wildman–Crippen MR) is 112 cm³/mol. The van der Waals surface area contributed by atoms with Crippen molar-refractivity contribution in [3.63, 3.8) is 0 Å². The summed E-state index contributed by atoms with van der Waals surface area (Å²) in [6.07, 6.45) is 6.78. The second-order valence-electron chi connectivity index (χ2n) is 9.13. The molecule has 2 fully saturated rings. The molecule has 1 unspecified atom stereocenters. The normalized spacial score (nSPS) is 26.1. The highest BCUT2D eigenvalue weighted by atomic mass is 35.5. The van der Waals surface area contributed by atoms with E-state index in [-0.39, 0.29) is 16.9 Å². The van der Waals surface area contributed by atoms with Crippen LogP contribution in [-0.2, 0) is 17.7 Å². The van der Waals surface area contributed by atoms with Crippen molar-refractivity contribution < 1.29 is 4.74 Å². The number of aromatic nitrogens is 2. The van der Waals surface area contributed by atoms with E-state index in [0.29, 0.717) is 10.6 Å². The molecule has 2 aromatic rings. The molecule has 2 saturated heterocycles. The monoisotopic (exact) mass is 410 g/mol. The van der Waals surface area contributed by atoms with E-state index in [1.165, 1.54) is 5.56 Å². The van der Waals surface area contributed by atoms with Crippen molar-refractivity contribution in [1.82, 2.24) is 14.9 Å². The van der Waals surface area contributed by atoms with Crippen LogP contribution in [-0.4, -0.2) is 40.7 Å². The van der Waals surface area contributed by atoms with E-state index < -0.39 is 0 Å². The van der Waals surface area contributed by atoms with Crippen molar-refractivity contribution in [1.29, 1.82) is 5.26 Å². The highest BCUT2D eigenvalue weighted by Crippen LogP contribution is 2.51. The van der Waals surface area contributed by atoms with Gasteiger partial charge in [-0.3, -0.25) is 4.90 Å². The summed E-state index contributed by atoms with van der Waals surface area (Å²) in [7, 11) is 0. The summed E-state index contributed by atoms with van der Waals surface area (Å²) in [6, 6.07) is 10.2. The van der Waals surface area contributed by atoms with Gasteiger partial charge in [0.15, 0.2) is 0 Å². The molecule has 2 aliphatic heterocycles. The fraction of sp³-hybridized carbons (Fsp3) is 0.522. The third kappa shape index (κ3) is 4.30. The minimum atomic E-state index is 0.127. The first-order valence-corrected chi connectivity index (χ1v) is 10.6. The molecular weight excluding hydrogens is 384 g/mol. The fourth-order valence-electron chi connectivity index (χ4n) is 4.93. The van der Waals surface area contributed by atoms with E-state index in [4.69, 9.17) is 21.6 Å². The van der Waals surface area contributed by atoms with Crippen LogP contribution >= 0.6 is 11.6 Å². The van der Waals surface area contributed by atoms with E-state index in [9.17, 15) is 0 Å². The molecule has 0 aliphatic carbocycles. The molecule has 2 aliphatic rings. The number of likely N-dealkylation sites (tertiary alicyclic amines) is 1. The van der Waals surface area contributed by atoms with Gasteiger partial charge >= 0.3 is 0 Å². The molecule has 4 rings (SSSR count).